The molecule has 12 heavy (non-hydrogen) atoms. The highest BCUT2D eigenvalue weighted by molar-refractivity contribution is 5.93. The van der Waals surface area contributed by atoms with Gasteiger partial charge in [0.2, 0.25) is 0 Å². The molecule has 0 atom stereocenters. The Bertz CT molecular complexity index is 286. The van der Waals surface area contributed by atoms with Crippen LogP contribution in [-0.2, 0) is 4.84 Å². The lowest BCUT2D eigenvalue weighted by atomic mass is 10.2. The molecule has 1 aromatic rings. The van der Waals surface area contributed by atoms with E-state index in [0.717, 1.165) is 5.69 Å². The van der Waals surface area contributed by atoms with Crippen LogP contribution in [0.4, 0.5) is 0 Å². The first-order chi connectivity index (χ1) is 5.74. The zero-order chi connectivity index (χ0) is 8.97. The SMILES string of the molecule is CONC(=O)c1ccnc(C)c1. The zero-order valence-electron chi connectivity index (χ0n) is 7.00. The van der Waals surface area contributed by atoms with Crippen LogP contribution in [0.25, 0.3) is 0 Å². The largest absolute Gasteiger partial charge is 0.277 e. The van der Waals surface area contributed by atoms with Crippen molar-refractivity contribution in [1.29, 1.82) is 0 Å². The maximum absolute atomic E-state index is 11.1. The van der Waals surface area contributed by atoms with E-state index in [1.165, 1.54) is 7.11 Å². The molecule has 0 aliphatic carbocycles. The van der Waals surface area contributed by atoms with E-state index in [1.54, 1.807) is 18.3 Å². The van der Waals surface area contributed by atoms with E-state index in [1.807, 2.05) is 6.92 Å². The highest BCUT2D eigenvalue weighted by atomic mass is 16.6. The molecule has 1 heterocycles. The van der Waals surface area contributed by atoms with E-state index in [0.29, 0.717) is 5.56 Å². The zero-order valence-corrected chi connectivity index (χ0v) is 7.00. The summed E-state index contributed by atoms with van der Waals surface area (Å²) in [5.74, 6) is -0.261. The van der Waals surface area contributed by atoms with Crippen LogP contribution in [0.1, 0.15) is 16.1 Å². The van der Waals surface area contributed by atoms with Crippen molar-refractivity contribution in [3.63, 3.8) is 0 Å². The predicted molar refractivity (Wildman–Crippen MR) is 43.4 cm³/mol. The first kappa shape index (κ1) is 8.67. The summed E-state index contributed by atoms with van der Waals surface area (Å²) in [4.78, 5) is 19.6. The van der Waals surface area contributed by atoms with Crippen LogP contribution in [0.2, 0.25) is 0 Å². The number of carbonyl (C=O) groups is 1. The summed E-state index contributed by atoms with van der Waals surface area (Å²) in [6, 6.07) is 3.32. The number of pyridine rings is 1. The van der Waals surface area contributed by atoms with Crippen molar-refractivity contribution in [1.82, 2.24) is 10.5 Å². The lowest BCUT2D eigenvalue weighted by molar-refractivity contribution is 0.0537. The molecule has 64 valence electrons. The van der Waals surface area contributed by atoms with Crippen LogP contribution in [-0.4, -0.2) is 18.0 Å². The number of nitrogens with one attached hydrogen (secondary N) is 1. The number of hydroxylamine groups is 1. The van der Waals surface area contributed by atoms with Gasteiger partial charge in [0.25, 0.3) is 5.91 Å². The Morgan fingerprint density at radius 1 is 1.67 bits per heavy atom. The molecule has 0 aliphatic rings. The normalized spacial score (nSPS) is 9.50. The molecule has 1 rings (SSSR count). The van der Waals surface area contributed by atoms with Crippen LogP contribution in [0, 0.1) is 6.92 Å². The van der Waals surface area contributed by atoms with E-state index in [-0.39, 0.29) is 5.91 Å². The molecule has 0 aliphatic heterocycles. The molecule has 0 radical (unpaired) electrons. The van der Waals surface area contributed by atoms with Crippen LogP contribution in [0.5, 0.6) is 0 Å². The first-order valence-electron chi connectivity index (χ1n) is 3.50. The van der Waals surface area contributed by atoms with Crippen molar-refractivity contribution < 1.29 is 9.63 Å². The van der Waals surface area contributed by atoms with Crippen molar-refractivity contribution >= 4 is 5.91 Å². The van der Waals surface area contributed by atoms with Crippen molar-refractivity contribution in [3.8, 4) is 0 Å². The first-order valence-corrected chi connectivity index (χ1v) is 3.50. The third kappa shape index (κ3) is 2.03. The van der Waals surface area contributed by atoms with Gasteiger partial charge in [-0.3, -0.25) is 14.6 Å². The molecule has 1 amide bonds. The average Bonchev–Trinajstić information content (AvgIpc) is 2.05. The number of hydrogen-bond acceptors (Lipinski definition) is 3. The molecule has 0 saturated heterocycles. The highest BCUT2D eigenvalue weighted by Gasteiger charge is 2.03. The fraction of sp³-hybridized carbons (Fsp3) is 0.250. The summed E-state index contributed by atoms with van der Waals surface area (Å²) in [7, 11) is 1.39. The van der Waals surface area contributed by atoms with E-state index < -0.39 is 0 Å². The van der Waals surface area contributed by atoms with Gasteiger partial charge >= 0.3 is 0 Å². The van der Waals surface area contributed by atoms with Crippen LogP contribution >= 0.6 is 0 Å². The van der Waals surface area contributed by atoms with Gasteiger partial charge in [0.15, 0.2) is 0 Å². The molecule has 0 spiro atoms. The number of hydrogen-bond donors (Lipinski definition) is 1. The quantitative estimate of drug-likeness (QED) is 0.657. The second-order valence-corrected chi connectivity index (χ2v) is 2.32. The average molecular weight is 166 g/mol. The van der Waals surface area contributed by atoms with Gasteiger partial charge in [-0.05, 0) is 19.1 Å². The second-order valence-electron chi connectivity index (χ2n) is 2.32. The van der Waals surface area contributed by atoms with Crippen LogP contribution in [0.3, 0.4) is 0 Å². The summed E-state index contributed by atoms with van der Waals surface area (Å²) in [6.45, 7) is 1.82. The number of nitrogens with zero attached hydrogens (tertiary/aromatic N) is 1. The Kier molecular flexibility index (Phi) is 2.76. The van der Waals surface area contributed by atoms with Gasteiger partial charge in [0.05, 0.1) is 7.11 Å². The molecule has 1 aromatic heterocycles. The topological polar surface area (TPSA) is 51.2 Å². The summed E-state index contributed by atoms with van der Waals surface area (Å²) in [5.41, 5.74) is 3.57. The Morgan fingerprint density at radius 3 is 3.00 bits per heavy atom. The monoisotopic (exact) mass is 166 g/mol. The van der Waals surface area contributed by atoms with Gasteiger partial charge in [0.1, 0.15) is 0 Å². The third-order valence-corrected chi connectivity index (χ3v) is 1.35. The smallest absolute Gasteiger partial charge is 0.274 e. The molecule has 0 aromatic carbocycles. The van der Waals surface area contributed by atoms with E-state index in [9.17, 15) is 4.79 Å². The van der Waals surface area contributed by atoms with Crippen molar-refractivity contribution in [3.05, 3.63) is 29.6 Å². The van der Waals surface area contributed by atoms with Gasteiger partial charge in [-0.1, -0.05) is 0 Å². The van der Waals surface area contributed by atoms with E-state index >= 15 is 0 Å². The molecule has 0 fully saturated rings. The third-order valence-electron chi connectivity index (χ3n) is 1.35. The van der Waals surface area contributed by atoms with Crippen LogP contribution in [0.15, 0.2) is 18.3 Å². The standard InChI is InChI=1S/C8H10N2O2/c1-6-5-7(3-4-9-6)8(11)10-12-2/h3-5H,1-2H3,(H,10,11). The van der Waals surface area contributed by atoms with Crippen molar-refractivity contribution in [2.24, 2.45) is 0 Å². The fourth-order valence-electron chi connectivity index (χ4n) is 0.838. The Labute approximate surface area is 70.5 Å². The minimum absolute atomic E-state index is 0.261. The number of aromatic nitrogens is 1. The minimum Gasteiger partial charge on any atom is -0.277 e. The summed E-state index contributed by atoms with van der Waals surface area (Å²) in [5, 5.41) is 0. The molecule has 0 saturated carbocycles. The Hall–Kier alpha value is -1.42. The molecular formula is C8H10N2O2. The summed E-state index contributed by atoms with van der Waals surface area (Å²) < 4.78 is 0. The van der Waals surface area contributed by atoms with E-state index in [2.05, 4.69) is 15.3 Å². The Balaban J connectivity index is 2.81. The maximum atomic E-state index is 11.1. The van der Waals surface area contributed by atoms with Gasteiger partial charge in [-0.25, -0.2) is 5.48 Å². The van der Waals surface area contributed by atoms with Crippen LogP contribution < -0.4 is 5.48 Å². The lowest BCUT2D eigenvalue weighted by Gasteiger charge is -2.01. The molecular weight excluding hydrogens is 156 g/mol. The Morgan fingerprint density at radius 2 is 2.42 bits per heavy atom. The molecule has 4 heteroatoms. The van der Waals surface area contributed by atoms with Gasteiger partial charge in [-0.2, -0.15) is 0 Å². The number of amides is 1. The van der Waals surface area contributed by atoms with E-state index in [4.69, 9.17) is 0 Å². The molecule has 0 bridgehead atoms. The van der Waals surface area contributed by atoms with Gasteiger partial charge in [0, 0.05) is 17.5 Å². The van der Waals surface area contributed by atoms with Gasteiger partial charge < -0.3 is 0 Å². The number of aryl methyl sites for hydroxylation is 1. The summed E-state index contributed by atoms with van der Waals surface area (Å²) >= 11 is 0. The second kappa shape index (κ2) is 3.82. The maximum Gasteiger partial charge on any atom is 0.274 e. The van der Waals surface area contributed by atoms with Gasteiger partial charge in [-0.15, -0.1) is 0 Å². The highest BCUT2D eigenvalue weighted by Crippen LogP contribution is 1.99. The molecule has 0 unspecified atom stereocenters. The number of rotatable bonds is 2. The number of carbonyl (C=O) groups excluding carboxylic acids is 1. The predicted octanol–water partition coefficient (Wildman–Crippen LogP) is 0.681. The lowest BCUT2D eigenvalue weighted by Crippen LogP contribution is -2.21. The van der Waals surface area contributed by atoms with Crippen molar-refractivity contribution in [2.45, 2.75) is 6.92 Å². The fourth-order valence-corrected chi connectivity index (χ4v) is 0.838. The van der Waals surface area contributed by atoms with Crippen molar-refractivity contribution in [2.75, 3.05) is 7.11 Å². The molecule has 4 nitrogen and oxygen atoms in total. The minimum atomic E-state index is -0.261. The molecule has 1 N–H and O–H groups in total. The summed E-state index contributed by atoms with van der Waals surface area (Å²) in [6.07, 6.45) is 1.58.